The van der Waals surface area contributed by atoms with E-state index < -0.39 is 10.0 Å². The Balaban J connectivity index is 1.15. The third kappa shape index (κ3) is 7.36. The Morgan fingerprint density at radius 2 is 1.76 bits per heavy atom. The van der Waals surface area contributed by atoms with Crippen molar-refractivity contribution in [1.82, 2.24) is 19.8 Å². The van der Waals surface area contributed by atoms with Crippen molar-refractivity contribution in [2.45, 2.75) is 44.7 Å². The Morgan fingerprint density at radius 1 is 0.978 bits per heavy atom. The van der Waals surface area contributed by atoms with E-state index in [0.29, 0.717) is 58.8 Å². The summed E-state index contributed by atoms with van der Waals surface area (Å²) in [7, 11) is 0.827. The minimum absolute atomic E-state index is 0.263. The molecule has 14 heteroatoms. The topological polar surface area (TPSA) is 115 Å². The Labute approximate surface area is 275 Å². The Kier molecular flexibility index (Phi) is 9.22. The monoisotopic (exact) mass is 674 g/mol. The summed E-state index contributed by atoms with van der Waals surface area (Å²) in [5.74, 6) is 1.26. The van der Waals surface area contributed by atoms with Gasteiger partial charge in [0.25, 0.3) is 0 Å². The summed E-state index contributed by atoms with van der Waals surface area (Å²) in [6, 6.07) is 8.83. The third-order valence-corrected chi connectivity index (χ3v) is 10.1. The highest BCUT2D eigenvalue weighted by atomic mass is 35.5. The number of hydrogen-bond donors (Lipinski definition) is 3. The van der Waals surface area contributed by atoms with Gasteiger partial charge in [-0.15, -0.1) is 0 Å². The summed E-state index contributed by atoms with van der Waals surface area (Å²) < 4.78 is 32.4. The molecule has 1 unspecified atom stereocenters. The maximum absolute atomic E-state index is 12.1. The van der Waals surface area contributed by atoms with Crippen LogP contribution in [0.3, 0.4) is 0 Å². The molecule has 4 heterocycles. The van der Waals surface area contributed by atoms with Crippen molar-refractivity contribution < 1.29 is 13.2 Å². The second kappa shape index (κ2) is 13.0. The SMILES string of the molecule is Cc1cc(Nc2ncc(Cl)c(Nc3cc4c(cc3NS(C)(=O)=O)CCO4)n2)c(Cl)cc1N1CCC(N2CCC(N(C)C)C2)CC1. The molecule has 0 amide bonds. The number of fused-ring (bicyclic) bond motifs is 1. The molecular formula is C31H40Cl2N8O3S. The second-order valence-corrected chi connectivity index (χ2v) is 14.9. The molecule has 3 aliphatic rings. The number of anilines is 6. The first-order valence-corrected chi connectivity index (χ1v) is 17.9. The van der Waals surface area contributed by atoms with Crippen LogP contribution in [0.2, 0.25) is 10.0 Å². The van der Waals surface area contributed by atoms with Gasteiger partial charge in [0.15, 0.2) is 5.82 Å². The highest BCUT2D eigenvalue weighted by Gasteiger charge is 2.32. The van der Waals surface area contributed by atoms with E-state index in [-0.39, 0.29) is 11.0 Å². The molecule has 2 aromatic carbocycles. The molecule has 242 valence electrons. The smallest absolute Gasteiger partial charge is 0.229 e. The van der Waals surface area contributed by atoms with Gasteiger partial charge in [0.1, 0.15) is 10.8 Å². The van der Waals surface area contributed by atoms with Crippen LogP contribution in [0.5, 0.6) is 5.75 Å². The number of likely N-dealkylation sites (tertiary alicyclic amines) is 1. The molecule has 2 fully saturated rings. The van der Waals surface area contributed by atoms with Crippen molar-refractivity contribution in [3.8, 4) is 5.75 Å². The van der Waals surface area contributed by atoms with E-state index in [1.165, 1.54) is 19.2 Å². The number of halogens is 2. The zero-order chi connectivity index (χ0) is 31.9. The zero-order valence-electron chi connectivity index (χ0n) is 26.0. The molecule has 1 atom stereocenters. The first-order valence-electron chi connectivity index (χ1n) is 15.2. The predicted molar refractivity (Wildman–Crippen MR) is 183 cm³/mol. The second-order valence-electron chi connectivity index (χ2n) is 12.4. The largest absolute Gasteiger partial charge is 0.493 e. The molecule has 0 aliphatic carbocycles. The summed E-state index contributed by atoms with van der Waals surface area (Å²) in [4.78, 5) is 16.4. The number of sulfonamides is 1. The van der Waals surface area contributed by atoms with Gasteiger partial charge in [-0.05, 0) is 69.6 Å². The van der Waals surface area contributed by atoms with Crippen LogP contribution in [0, 0.1) is 6.92 Å². The molecule has 3 aromatic rings. The summed E-state index contributed by atoms with van der Waals surface area (Å²) in [6.07, 6.45) is 6.81. The number of nitrogens with zero attached hydrogens (tertiary/aromatic N) is 5. The van der Waals surface area contributed by atoms with E-state index in [9.17, 15) is 8.42 Å². The van der Waals surface area contributed by atoms with E-state index >= 15 is 0 Å². The van der Waals surface area contributed by atoms with Gasteiger partial charge in [-0.3, -0.25) is 9.62 Å². The van der Waals surface area contributed by atoms with Gasteiger partial charge in [-0.1, -0.05) is 23.2 Å². The summed E-state index contributed by atoms with van der Waals surface area (Å²) >= 11 is 13.3. The standard InChI is InChI=1S/C31H40Cl2N8O3S/c1-19-13-25(23(32)15-28(19)40-9-5-21(6-10-40)41-11-7-22(18-41)39(2)3)36-31-34-17-24(33)30(37-31)35-26-16-29-20(8-12-44-29)14-27(26)38-45(4,42)43/h13-17,21-22,38H,5-12,18H2,1-4H3,(H2,34,35,36,37). The van der Waals surface area contributed by atoms with Gasteiger partial charge in [0.2, 0.25) is 16.0 Å². The summed E-state index contributed by atoms with van der Waals surface area (Å²) in [6.45, 7) is 6.96. The molecule has 0 saturated carbocycles. The van der Waals surface area contributed by atoms with Crippen molar-refractivity contribution in [3.05, 3.63) is 51.6 Å². The van der Waals surface area contributed by atoms with Crippen LogP contribution in [-0.2, 0) is 16.4 Å². The lowest BCUT2D eigenvalue weighted by Crippen LogP contribution is -2.45. The predicted octanol–water partition coefficient (Wildman–Crippen LogP) is 5.49. The lowest BCUT2D eigenvalue weighted by Gasteiger charge is -2.38. The average Bonchev–Trinajstić information content (AvgIpc) is 3.66. The Hall–Kier alpha value is -3.03. The Bertz CT molecular complexity index is 1680. The summed E-state index contributed by atoms with van der Waals surface area (Å²) in [5.41, 5.74) is 4.68. The maximum atomic E-state index is 12.1. The number of ether oxygens (including phenoxy) is 1. The van der Waals surface area contributed by atoms with Crippen LogP contribution in [0.4, 0.5) is 34.5 Å². The molecule has 3 aliphatic heterocycles. The lowest BCUT2D eigenvalue weighted by molar-refractivity contribution is 0.189. The van der Waals surface area contributed by atoms with E-state index in [0.717, 1.165) is 55.5 Å². The number of aromatic nitrogens is 2. The number of benzene rings is 2. The molecule has 0 radical (unpaired) electrons. The molecule has 2 saturated heterocycles. The van der Waals surface area contributed by atoms with Gasteiger partial charge in [0.05, 0.1) is 41.1 Å². The number of aryl methyl sites for hydroxylation is 1. The minimum Gasteiger partial charge on any atom is -0.493 e. The van der Waals surface area contributed by atoms with Gasteiger partial charge < -0.3 is 25.2 Å². The number of hydrogen-bond acceptors (Lipinski definition) is 10. The van der Waals surface area contributed by atoms with Crippen LogP contribution < -0.4 is 25.0 Å². The van der Waals surface area contributed by atoms with Crippen LogP contribution in [0.25, 0.3) is 0 Å². The average molecular weight is 676 g/mol. The first kappa shape index (κ1) is 31.9. The van der Waals surface area contributed by atoms with E-state index in [4.69, 9.17) is 27.9 Å². The normalized spacial score (nSPS) is 19.1. The molecule has 6 rings (SSSR count). The quantitative estimate of drug-likeness (QED) is 0.269. The fourth-order valence-corrected chi connectivity index (χ4v) is 7.39. The van der Waals surface area contributed by atoms with Crippen molar-refractivity contribution in [1.29, 1.82) is 0 Å². The summed E-state index contributed by atoms with van der Waals surface area (Å²) in [5, 5.41) is 7.21. The van der Waals surface area contributed by atoms with Crippen molar-refractivity contribution in [3.63, 3.8) is 0 Å². The van der Waals surface area contributed by atoms with Crippen molar-refractivity contribution >= 4 is 67.7 Å². The molecule has 11 nitrogen and oxygen atoms in total. The number of nitrogens with one attached hydrogen (secondary N) is 3. The molecule has 0 spiro atoms. The van der Waals surface area contributed by atoms with Crippen LogP contribution in [0.15, 0.2) is 30.5 Å². The van der Waals surface area contributed by atoms with E-state index in [1.807, 2.05) is 12.1 Å². The lowest BCUT2D eigenvalue weighted by atomic mass is 10.0. The van der Waals surface area contributed by atoms with Crippen molar-refractivity contribution in [2.24, 2.45) is 0 Å². The number of piperidine rings is 1. The van der Waals surface area contributed by atoms with Crippen LogP contribution >= 0.6 is 23.2 Å². The number of rotatable bonds is 9. The minimum atomic E-state index is -3.53. The van der Waals surface area contributed by atoms with E-state index in [1.54, 1.807) is 12.1 Å². The van der Waals surface area contributed by atoms with Gasteiger partial charge >= 0.3 is 0 Å². The third-order valence-electron chi connectivity index (χ3n) is 8.90. The van der Waals surface area contributed by atoms with Crippen LogP contribution in [-0.4, -0.2) is 93.4 Å². The molecule has 45 heavy (non-hydrogen) atoms. The molecule has 0 bridgehead atoms. The molecule has 3 N–H and O–H groups in total. The molecule has 1 aromatic heterocycles. The Morgan fingerprint density at radius 3 is 2.47 bits per heavy atom. The van der Waals surface area contributed by atoms with Gasteiger partial charge in [-0.25, -0.2) is 13.4 Å². The highest BCUT2D eigenvalue weighted by Crippen LogP contribution is 2.39. The van der Waals surface area contributed by atoms with Crippen LogP contribution in [0.1, 0.15) is 30.4 Å². The van der Waals surface area contributed by atoms with E-state index in [2.05, 4.69) is 61.0 Å². The maximum Gasteiger partial charge on any atom is 0.229 e. The number of likely N-dealkylation sites (N-methyl/N-ethyl adjacent to an activating group) is 1. The first-order chi connectivity index (χ1) is 21.4. The molecular weight excluding hydrogens is 635 g/mol. The zero-order valence-corrected chi connectivity index (χ0v) is 28.4. The fraction of sp³-hybridized carbons (Fsp3) is 0.484. The van der Waals surface area contributed by atoms with Gasteiger partial charge in [-0.2, -0.15) is 4.98 Å². The highest BCUT2D eigenvalue weighted by molar-refractivity contribution is 7.92. The van der Waals surface area contributed by atoms with Crippen molar-refractivity contribution in [2.75, 3.05) is 73.4 Å². The van der Waals surface area contributed by atoms with Gasteiger partial charge in [0, 0.05) is 56.4 Å². The fourth-order valence-electron chi connectivity index (χ4n) is 6.48.